The van der Waals surface area contributed by atoms with Crippen LogP contribution in [0.4, 0.5) is 5.69 Å². The maximum Gasteiger partial charge on any atom is 0.323 e. The van der Waals surface area contributed by atoms with Crippen LogP contribution in [0.2, 0.25) is 0 Å². The molecule has 2 N–H and O–H groups in total. The molecule has 1 aromatic heterocycles. The Kier molecular flexibility index (Phi) is 1.49. The van der Waals surface area contributed by atoms with Gasteiger partial charge in [-0.15, -0.1) is 0 Å². The minimum Gasteiger partial charge on any atom is -0.268 e. The summed E-state index contributed by atoms with van der Waals surface area (Å²) in [7, 11) is -3.72. The average molecular weight is 199 g/mol. The number of fused-ring (bicyclic) bond motifs is 1. The zero-order chi connectivity index (χ0) is 9.47. The number of aromatic nitrogens is 1. The Morgan fingerprint density at radius 2 is 2.08 bits per heavy atom. The van der Waals surface area contributed by atoms with Crippen molar-refractivity contribution >= 4 is 21.8 Å². The van der Waals surface area contributed by atoms with Crippen LogP contribution in [0.1, 0.15) is 10.4 Å². The van der Waals surface area contributed by atoms with Gasteiger partial charge < -0.3 is 0 Å². The number of nitrogens with zero attached hydrogens (tertiary/aromatic N) is 1. The third-order valence-corrected chi connectivity index (χ3v) is 2.48. The molecular weight excluding hydrogens is 194 g/mol. The van der Waals surface area contributed by atoms with Crippen molar-refractivity contribution in [1.82, 2.24) is 9.71 Å². The summed E-state index contributed by atoms with van der Waals surface area (Å²) in [5.74, 6) is -0.665. The Labute approximate surface area is 74.2 Å². The second kappa shape index (κ2) is 2.43. The minimum atomic E-state index is -3.72. The third-order valence-electron chi connectivity index (χ3n) is 1.54. The summed E-state index contributed by atoms with van der Waals surface area (Å²) in [6.07, 6.45) is 2.70. The topological polar surface area (TPSA) is 88.2 Å². The summed E-state index contributed by atoms with van der Waals surface area (Å²) in [4.78, 5) is 14.8. The molecule has 0 aromatic carbocycles. The first-order valence-electron chi connectivity index (χ1n) is 3.37. The highest BCUT2D eigenvalue weighted by Crippen LogP contribution is 2.18. The van der Waals surface area contributed by atoms with Crippen molar-refractivity contribution < 1.29 is 13.2 Å². The summed E-state index contributed by atoms with van der Waals surface area (Å²) in [6, 6.07) is 1.42. The Hall–Kier alpha value is -1.63. The van der Waals surface area contributed by atoms with Crippen molar-refractivity contribution in [1.29, 1.82) is 0 Å². The smallest absolute Gasteiger partial charge is 0.268 e. The Morgan fingerprint density at radius 1 is 1.31 bits per heavy atom. The fourth-order valence-corrected chi connectivity index (χ4v) is 1.88. The highest BCUT2D eigenvalue weighted by atomic mass is 32.2. The molecule has 1 amide bonds. The lowest BCUT2D eigenvalue weighted by Crippen LogP contribution is -2.40. The van der Waals surface area contributed by atoms with Crippen LogP contribution >= 0.6 is 0 Å². The number of carbonyl (C=O) groups is 1. The first kappa shape index (κ1) is 7.99. The first-order valence-corrected chi connectivity index (χ1v) is 4.86. The number of pyridine rings is 1. The maximum atomic E-state index is 11.1. The molecular formula is C6H5N3O3S. The zero-order valence-electron chi connectivity index (χ0n) is 6.31. The second-order valence-electron chi connectivity index (χ2n) is 2.46. The fourth-order valence-electron chi connectivity index (χ4n) is 1.01. The molecule has 0 saturated heterocycles. The molecule has 0 saturated carbocycles. The lowest BCUT2D eigenvalue weighted by atomic mass is 10.2. The Bertz CT molecular complexity index is 468. The molecule has 7 heteroatoms. The maximum absolute atomic E-state index is 11.1. The number of rotatable bonds is 0. The number of amides is 1. The van der Waals surface area contributed by atoms with Gasteiger partial charge >= 0.3 is 10.2 Å². The normalized spacial score (nSPS) is 18.3. The monoisotopic (exact) mass is 199 g/mol. The quantitative estimate of drug-likeness (QED) is 0.588. The predicted molar refractivity (Wildman–Crippen MR) is 44.2 cm³/mol. The minimum absolute atomic E-state index is 0.220. The molecule has 0 spiro atoms. The van der Waals surface area contributed by atoms with E-state index in [-0.39, 0.29) is 11.3 Å². The second-order valence-corrected chi connectivity index (χ2v) is 3.87. The molecule has 0 aliphatic carbocycles. The average Bonchev–Trinajstić information content (AvgIpc) is 2.02. The number of hydrogen-bond acceptors (Lipinski definition) is 4. The molecule has 1 aliphatic heterocycles. The van der Waals surface area contributed by atoms with Gasteiger partial charge in [0.05, 0.1) is 11.3 Å². The van der Waals surface area contributed by atoms with E-state index in [2.05, 4.69) is 9.71 Å². The number of anilines is 1. The summed E-state index contributed by atoms with van der Waals surface area (Å²) >= 11 is 0. The lowest BCUT2D eigenvalue weighted by Gasteiger charge is -2.17. The molecule has 0 bridgehead atoms. The fraction of sp³-hybridized carbons (Fsp3) is 0. The van der Waals surface area contributed by atoms with Gasteiger partial charge in [0.1, 0.15) is 0 Å². The van der Waals surface area contributed by atoms with Crippen LogP contribution in [0.5, 0.6) is 0 Å². The van der Waals surface area contributed by atoms with Gasteiger partial charge in [-0.3, -0.25) is 14.5 Å². The Morgan fingerprint density at radius 3 is 2.85 bits per heavy atom. The van der Waals surface area contributed by atoms with E-state index < -0.39 is 16.1 Å². The summed E-state index contributed by atoms with van der Waals surface area (Å²) in [5.41, 5.74) is 0.469. The van der Waals surface area contributed by atoms with E-state index >= 15 is 0 Å². The van der Waals surface area contributed by atoms with Crippen LogP contribution in [-0.4, -0.2) is 19.3 Å². The first-order chi connectivity index (χ1) is 6.08. The molecule has 13 heavy (non-hydrogen) atoms. The lowest BCUT2D eigenvalue weighted by molar-refractivity contribution is 0.0980. The van der Waals surface area contributed by atoms with Gasteiger partial charge in [-0.1, -0.05) is 0 Å². The number of carbonyl (C=O) groups excluding carboxylic acids is 1. The molecule has 0 radical (unpaired) electrons. The van der Waals surface area contributed by atoms with Crippen LogP contribution in [0.15, 0.2) is 18.5 Å². The molecule has 1 aliphatic rings. The van der Waals surface area contributed by atoms with Crippen LogP contribution < -0.4 is 9.44 Å². The van der Waals surface area contributed by atoms with Crippen LogP contribution in [0, 0.1) is 0 Å². The van der Waals surface area contributed by atoms with Crippen LogP contribution in [0.3, 0.4) is 0 Å². The van der Waals surface area contributed by atoms with Crippen LogP contribution in [-0.2, 0) is 10.2 Å². The van der Waals surface area contributed by atoms with E-state index in [0.717, 1.165) is 0 Å². The molecule has 0 fully saturated rings. The van der Waals surface area contributed by atoms with E-state index in [1.807, 2.05) is 0 Å². The molecule has 6 nitrogen and oxygen atoms in total. The van der Waals surface area contributed by atoms with Crippen molar-refractivity contribution in [3.8, 4) is 0 Å². The van der Waals surface area contributed by atoms with Crippen molar-refractivity contribution in [3.05, 3.63) is 24.0 Å². The molecule has 0 unspecified atom stereocenters. The van der Waals surface area contributed by atoms with Crippen molar-refractivity contribution in [2.24, 2.45) is 0 Å². The largest absolute Gasteiger partial charge is 0.323 e. The van der Waals surface area contributed by atoms with E-state index in [0.29, 0.717) is 0 Å². The van der Waals surface area contributed by atoms with E-state index in [9.17, 15) is 13.2 Å². The molecule has 2 heterocycles. The van der Waals surface area contributed by atoms with Gasteiger partial charge in [0.25, 0.3) is 5.91 Å². The van der Waals surface area contributed by atoms with Crippen LogP contribution in [0.25, 0.3) is 0 Å². The highest BCUT2D eigenvalue weighted by molar-refractivity contribution is 7.91. The van der Waals surface area contributed by atoms with E-state index in [1.54, 1.807) is 4.72 Å². The molecule has 68 valence electrons. The third kappa shape index (κ3) is 1.33. The molecule has 2 rings (SSSR count). The van der Waals surface area contributed by atoms with Gasteiger partial charge in [-0.2, -0.15) is 8.42 Å². The zero-order valence-corrected chi connectivity index (χ0v) is 7.13. The number of hydrogen-bond donors (Lipinski definition) is 2. The molecule has 1 aromatic rings. The molecule has 0 atom stereocenters. The summed E-state index contributed by atoms with van der Waals surface area (Å²) in [6.45, 7) is 0. The van der Waals surface area contributed by atoms with E-state index in [4.69, 9.17) is 0 Å². The predicted octanol–water partition coefficient (Wildman–Crippen LogP) is -0.518. The standard InChI is InChI=1S/C6H5N3O3S/c10-6-4-3-7-2-1-5(4)8-13(11,12)9-6/h1-3,8H,(H,9,10). The highest BCUT2D eigenvalue weighted by Gasteiger charge is 2.25. The van der Waals surface area contributed by atoms with Gasteiger partial charge in [0, 0.05) is 12.4 Å². The van der Waals surface area contributed by atoms with Crippen molar-refractivity contribution in [3.63, 3.8) is 0 Å². The van der Waals surface area contributed by atoms with Gasteiger partial charge in [-0.05, 0) is 6.07 Å². The SMILES string of the molecule is O=C1NS(=O)(=O)Nc2ccncc21. The summed E-state index contributed by atoms with van der Waals surface area (Å²) < 4.78 is 25.9. The van der Waals surface area contributed by atoms with Crippen molar-refractivity contribution in [2.75, 3.05) is 4.72 Å². The van der Waals surface area contributed by atoms with Gasteiger partial charge in [0.15, 0.2) is 0 Å². The number of nitrogens with one attached hydrogen (secondary N) is 2. The van der Waals surface area contributed by atoms with E-state index in [1.165, 1.54) is 18.5 Å². The van der Waals surface area contributed by atoms with Crippen molar-refractivity contribution in [2.45, 2.75) is 0 Å². The van der Waals surface area contributed by atoms with Gasteiger partial charge in [0.2, 0.25) is 0 Å². The van der Waals surface area contributed by atoms with Gasteiger partial charge in [-0.25, -0.2) is 4.72 Å². The summed E-state index contributed by atoms with van der Waals surface area (Å²) in [5, 5.41) is 0. The Balaban J connectivity index is 2.61.